The Morgan fingerprint density at radius 2 is 2.22 bits per heavy atom. The van der Waals surface area contributed by atoms with Gasteiger partial charge in [0.2, 0.25) is 0 Å². The monoisotopic (exact) mass is 253 g/mol. The molecule has 0 aliphatic carbocycles. The molecule has 0 aromatic heterocycles. The molecule has 6 nitrogen and oxygen atoms in total. The molecule has 6 heteroatoms. The predicted molar refractivity (Wildman–Crippen MR) is 62.8 cm³/mol. The molecule has 98 valence electrons. The van der Waals surface area contributed by atoms with Gasteiger partial charge in [-0.05, 0) is 17.7 Å². The summed E-state index contributed by atoms with van der Waals surface area (Å²) in [6.07, 6.45) is -0.0183. The summed E-state index contributed by atoms with van der Waals surface area (Å²) in [6.45, 7) is 1.05. The fourth-order valence-electron chi connectivity index (χ4n) is 1.58. The zero-order chi connectivity index (χ0) is 13.1. The topological polar surface area (TPSA) is 91.0 Å². The van der Waals surface area contributed by atoms with E-state index in [1.807, 2.05) is 0 Å². The minimum absolute atomic E-state index is 0.0183. The molecule has 1 aromatic rings. The molecule has 1 unspecified atom stereocenters. The highest BCUT2D eigenvalue weighted by molar-refractivity contribution is 5.75. The molecule has 2 rings (SSSR count). The molecular weight excluding hydrogens is 238 g/mol. The first-order valence-corrected chi connectivity index (χ1v) is 5.52. The van der Waals surface area contributed by atoms with Crippen LogP contribution >= 0.6 is 0 Å². The van der Waals surface area contributed by atoms with E-state index >= 15 is 0 Å². The average molecular weight is 253 g/mol. The van der Waals surface area contributed by atoms with Crippen LogP contribution in [-0.4, -0.2) is 37.5 Å². The number of carbonyl (C=O) groups is 1. The van der Waals surface area contributed by atoms with Crippen molar-refractivity contribution in [1.29, 1.82) is 0 Å². The quantitative estimate of drug-likeness (QED) is 0.796. The number of benzene rings is 1. The zero-order valence-corrected chi connectivity index (χ0v) is 9.96. The number of ether oxygens (including phenoxy) is 3. The van der Waals surface area contributed by atoms with Crippen molar-refractivity contribution in [3.05, 3.63) is 23.8 Å². The van der Waals surface area contributed by atoms with E-state index in [1.165, 1.54) is 7.11 Å². The molecule has 0 radical (unpaired) electrons. The van der Waals surface area contributed by atoms with Crippen LogP contribution in [0.1, 0.15) is 11.6 Å². The first-order valence-electron chi connectivity index (χ1n) is 5.52. The number of carboxylic acid groups (broad SMARTS) is 1. The summed E-state index contributed by atoms with van der Waals surface area (Å²) in [5, 5.41) is 8.87. The second kappa shape index (κ2) is 5.24. The van der Waals surface area contributed by atoms with E-state index < -0.39 is 12.0 Å². The van der Waals surface area contributed by atoms with Gasteiger partial charge in [-0.2, -0.15) is 0 Å². The molecule has 1 aliphatic rings. The fourth-order valence-corrected chi connectivity index (χ4v) is 1.58. The van der Waals surface area contributed by atoms with Crippen LogP contribution in [0.4, 0.5) is 0 Å². The van der Waals surface area contributed by atoms with Crippen molar-refractivity contribution in [2.24, 2.45) is 5.73 Å². The molecule has 0 spiro atoms. The second-order valence-electron chi connectivity index (χ2n) is 4.00. The second-order valence-corrected chi connectivity index (χ2v) is 4.00. The Morgan fingerprint density at radius 1 is 1.50 bits per heavy atom. The van der Waals surface area contributed by atoms with Crippen LogP contribution < -0.4 is 15.2 Å². The van der Waals surface area contributed by atoms with Crippen LogP contribution in [0.15, 0.2) is 18.2 Å². The first-order chi connectivity index (χ1) is 8.61. The van der Waals surface area contributed by atoms with Crippen LogP contribution in [0, 0.1) is 0 Å². The number of methoxy groups -OCH3 is 1. The molecule has 3 N–H and O–H groups in total. The van der Waals surface area contributed by atoms with Gasteiger partial charge in [-0.1, -0.05) is 6.07 Å². The lowest BCUT2D eigenvalue weighted by atomic mass is 10.1. The van der Waals surface area contributed by atoms with E-state index in [1.54, 1.807) is 18.2 Å². The normalized spacial score (nSPS) is 16.8. The highest BCUT2D eigenvalue weighted by Gasteiger charge is 2.23. The Kier molecular flexibility index (Phi) is 3.69. The van der Waals surface area contributed by atoms with Crippen LogP contribution in [0.5, 0.6) is 11.5 Å². The van der Waals surface area contributed by atoms with Gasteiger partial charge in [0.25, 0.3) is 0 Å². The largest absolute Gasteiger partial charge is 0.493 e. The van der Waals surface area contributed by atoms with Gasteiger partial charge in [0.15, 0.2) is 11.5 Å². The Bertz CT molecular complexity index is 444. The summed E-state index contributed by atoms with van der Waals surface area (Å²) < 4.78 is 15.8. The smallest absolute Gasteiger partial charge is 0.325 e. The van der Waals surface area contributed by atoms with Gasteiger partial charge in [-0.15, -0.1) is 0 Å². The third-order valence-electron chi connectivity index (χ3n) is 2.71. The predicted octanol–water partition coefficient (Wildman–Crippen LogP) is 0.557. The van der Waals surface area contributed by atoms with Crippen LogP contribution in [0.2, 0.25) is 0 Å². The Labute approximate surface area is 104 Å². The lowest BCUT2D eigenvalue weighted by Crippen LogP contribution is -2.38. The standard InChI is InChI=1S/C12H15NO5/c1-16-9-3-2-7(11(13)12(14)15)4-10(9)18-8-5-17-6-8/h2-4,8,11H,5-6,13H2,1H3,(H,14,15). The van der Waals surface area contributed by atoms with Crippen LogP contribution in [0.25, 0.3) is 0 Å². The molecule has 0 saturated carbocycles. The highest BCUT2D eigenvalue weighted by atomic mass is 16.6. The summed E-state index contributed by atoms with van der Waals surface area (Å²) in [5.74, 6) is -0.0543. The Hall–Kier alpha value is -1.79. The number of rotatable bonds is 5. The number of hydrogen-bond donors (Lipinski definition) is 2. The van der Waals surface area contributed by atoms with Gasteiger partial charge < -0.3 is 25.1 Å². The van der Waals surface area contributed by atoms with Crippen molar-refractivity contribution in [2.75, 3.05) is 20.3 Å². The molecule has 0 bridgehead atoms. The molecule has 1 saturated heterocycles. The summed E-state index contributed by atoms with van der Waals surface area (Å²) in [5.41, 5.74) is 6.03. The van der Waals surface area contributed by atoms with Crippen molar-refractivity contribution >= 4 is 5.97 Å². The Morgan fingerprint density at radius 3 is 2.72 bits per heavy atom. The van der Waals surface area contributed by atoms with E-state index in [2.05, 4.69) is 0 Å². The third kappa shape index (κ3) is 2.55. The number of nitrogens with two attached hydrogens (primary N) is 1. The first kappa shape index (κ1) is 12.7. The van der Waals surface area contributed by atoms with Gasteiger partial charge >= 0.3 is 5.97 Å². The number of aliphatic carboxylic acids is 1. The lowest BCUT2D eigenvalue weighted by Gasteiger charge is -2.27. The number of carboxylic acids is 1. The van der Waals surface area contributed by atoms with Crippen molar-refractivity contribution < 1.29 is 24.1 Å². The highest BCUT2D eigenvalue weighted by Crippen LogP contribution is 2.31. The molecule has 1 aliphatic heterocycles. The van der Waals surface area contributed by atoms with Crippen LogP contribution in [-0.2, 0) is 9.53 Å². The molecule has 18 heavy (non-hydrogen) atoms. The van der Waals surface area contributed by atoms with E-state index in [0.29, 0.717) is 30.3 Å². The summed E-state index contributed by atoms with van der Waals surface area (Å²) in [6, 6.07) is 3.78. The average Bonchev–Trinajstić information content (AvgIpc) is 2.32. The summed E-state index contributed by atoms with van der Waals surface area (Å²) >= 11 is 0. The van der Waals surface area contributed by atoms with Crippen LogP contribution in [0.3, 0.4) is 0 Å². The van der Waals surface area contributed by atoms with Crippen molar-refractivity contribution in [2.45, 2.75) is 12.1 Å². The maximum atomic E-state index is 10.8. The van der Waals surface area contributed by atoms with E-state index in [4.69, 9.17) is 25.1 Å². The maximum absolute atomic E-state index is 10.8. The molecule has 0 amide bonds. The summed E-state index contributed by atoms with van der Waals surface area (Å²) in [7, 11) is 1.52. The Balaban J connectivity index is 2.23. The van der Waals surface area contributed by atoms with Gasteiger partial charge in [0.1, 0.15) is 12.1 Å². The fraction of sp³-hybridized carbons (Fsp3) is 0.417. The minimum atomic E-state index is -1.09. The van der Waals surface area contributed by atoms with E-state index in [9.17, 15) is 4.79 Å². The lowest BCUT2D eigenvalue weighted by molar-refractivity contribution is -0.138. The molecular formula is C12H15NO5. The minimum Gasteiger partial charge on any atom is -0.493 e. The van der Waals surface area contributed by atoms with E-state index in [-0.39, 0.29) is 6.10 Å². The number of hydrogen-bond acceptors (Lipinski definition) is 5. The molecule has 1 heterocycles. The van der Waals surface area contributed by atoms with Crippen molar-refractivity contribution in [3.8, 4) is 11.5 Å². The van der Waals surface area contributed by atoms with Gasteiger partial charge in [-0.25, -0.2) is 0 Å². The third-order valence-corrected chi connectivity index (χ3v) is 2.71. The SMILES string of the molecule is COc1ccc(C(N)C(=O)O)cc1OC1COC1. The summed E-state index contributed by atoms with van der Waals surface area (Å²) in [4.78, 5) is 10.8. The molecule has 1 fully saturated rings. The van der Waals surface area contributed by atoms with Crippen molar-refractivity contribution in [3.63, 3.8) is 0 Å². The van der Waals surface area contributed by atoms with E-state index in [0.717, 1.165) is 0 Å². The zero-order valence-electron chi connectivity index (χ0n) is 9.96. The van der Waals surface area contributed by atoms with Crippen molar-refractivity contribution in [1.82, 2.24) is 0 Å². The van der Waals surface area contributed by atoms with Gasteiger partial charge in [0.05, 0.1) is 20.3 Å². The maximum Gasteiger partial charge on any atom is 0.325 e. The van der Waals surface area contributed by atoms with Gasteiger partial charge in [0, 0.05) is 0 Å². The molecule has 1 aromatic carbocycles. The van der Waals surface area contributed by atoms with Gasteiger partial charge in [-0.3, -0.25) is 4.79 Å². The molecule has 1 atom stereocenters.